The Labute approximate surface area is 137 Å². The minimum atomic E-state index is 0.440. The number of hydrogen-bond donors (Lipinski definition) is 1. The summed E-state index contributed by atoms with van der Waals surface area (Å²) in [6.07, 6.45) is 1.80. The van der Waals surface area contributed by atoms with Crippen LogP contribution in [-0.4, -0.2) is 11.0 Å². The zero-order valence-corrected chi connectivity index (χ0v) is 13.8. The molecule has 0 radical (unpaired) electrons. The second kappa shape index (κ2) is 6.69. The molecule has 2 aromatic carbocycles. The van der Waals surface area contributed by atoms with Crippen LogP contribution in [0.1, 0.15) is 20.8 Å². The van der Waals surface area contributed by atoms with Crippen molar-refractivity contribution >= 4 is 16.6 Å². The molecule has 0 bridgehead atoms. The van der Waals surface area contributed by atoms with Crippen molar-refractivity contribution in [3.63, 3.8) is 0 Å². The molecule has 3 aromatic rings. The van der Waals surface area contributed by atoms with Gasteiger partial charge in [0.15, 0.2) is 0 Å². The number of ether oxygens (including phenoxy) is 1. The van der Waals surface area contributed by atoms with Gasteiger partial charge in [-0.05, 0) is 61.4 Å². The van der Waals surface area contributed by atoms with E-state index in [-0.39, 0.29) is 0 Å². The van der Waals surface area contributed by atoms with E-state index in [4.69, 9.17) is 4.74 Å². The van der Waals surface area contributed by atoms with Gasteiger partial charge in [-0.15, -0.1) is 0 Å². The molecule has 1 unspecified atom stereocenters. The number of benzene rings is 2. The van der Waals surface area contributed by atoms with Crippen molar-refractivity contribution < 1.29 is 4.74 Å². The predicted octanol–water partition coefficient (Wildman–Crippen LogP) is 5.48. The zero-order chi connectivity index (χ0) is 16.2. The van der Waals surface area contributed by atoms with Crippen LogP contribution >= 0.6 is 0 Å². The standard InChI is InChI=1S/C20H22N2O/c1-14(2)15(3)22-17-6-8-18(9-7-17)23-19-10-11-20-16(13-19)5-4-12-21-20/h4-15,22H,1-3H3. The highest BCUT2D eigenvalue weighted by Gasteiger charge is 2.06. The largest absolute Gasteiger partial charge is 0.457 e. The quantitative estimate of drug-likeness (QED) is 0.677. The molecule has 1 aromatic heterocycles. The SMILES string of the molecule is CC(C)C(C)Nc1ccc(Oc2ccc3ncccc3c2)cc1. The molecular formula is C20H22N2O. The summed E-state index contributed by atoms with van der Waals surface area (Å²) in [6, 6.07) is 18.4. The fraction of sp³-hybridized carbons (Fsp3) is 0.250. The Balaban J connectivity index is 1.72. The predicted molar refractivity (Wildman–Crippen MR) is 96.2 cm³/mol. The van der Waals surface area contributed by atoms with Crippen molar-refractivity contribution in [2.24, 2.45) is 5.92 Å². The van der Waals surface area contributed by atoms with E-state index in [9.17, 15) is 0 Å². The van der Waals surface area contributed by atoms with E-state index < -0.39 is 0 Å². The topological polar surface area (TPSA) is 34.1 Å². The number of pyridine rings is 1. The molecule has 3 nitrogen and oxygen atoms in total. The lowest BCUT2D eigenvalue weighted by Crippen LogP contribution is -2.21. The number of anilines is 1. The zero-order valence-electron chi connectivity index (χ0n) is 13.8. The first-order chi connectivity index (χ1) is 11.1. The second-order valence-corrected chi connectivity index (χ2v) is 6.16. The molecule has 0 spiro atoms. The van der Waals surface area contributed by atoms with Crippen molar-refractivity contribution in [2.75, 3.05) is 5.32 Å². The molecule has 0 fully saturated rings. The summed E-state index contributed by atoms with van der Waals surface area (Å²) in [5.41, 5.74) is 2.09. The summed E-state index contributed by atoms with van der Waals surface area (Å²) in [5.74, 6) is 2.25. The number of rotatable bonds is 5. The normalized spacial score (nSPS) is 12.3. The van der Waals surface area contributed by atoms with Crippen molar-refractivity contribution in [3.05, 3.63) is 60.8 Å². The Hall–Kier alpha value is -2.55. The van der Waals surface area contributed by atoms with E-state index in [1.165, 1.54) is 0 Å². The van der Waals surface area contributed by atoms with E-state index in [0.717, 1.165) is 28.1 Å². The van der Waals surface area contributed by atoms with E-state index in [2.05, 4.69) is 43.2 Å². The van der Waals surface area contributed by atoms with Crippen LogP contribution in [0.3, 0.4) is 0 Å². The third kappa shape index (κ3) is 3.81. The minimum absolute atomic E-state index is 0.440. The van der Waals surface area contributed by atoms with Gasteiger partial charge in [0.25, 0.3) is 0 Å². The van der Waals surface area contributed by atoms with Gasteiger partial charge < -0.3 is 10.1 Å². The van der Waals surface area contributed by atoms with Gasteiger partial charge in [-0.25, -0.2) is 0 Å². The van der Waals surface area contributed by atoms with Gasteiger partial charge in [-0.3, -0.25) is 4.98 Å². The van der Waals surface area contributed by atoms with Crippen LogP contribution in [0.25, 0.3) is 10.9 Å². The monoisotopic (exact) mass is 306 g/mol. The van der Waals surface area contributed by atoms with Gasteiger partial charge in [-0.1, -0.05) is 19.9 Å². The fourth-order valence-corrected chi connectivity index (χ4v) is 2.30. The average Bonchev–Trinajstić information content (AvgIpc) is 2.56. The number of nitrogens with one attached hydrogen (secondary N) is 1. The molecule has 1 N–H and O–H groups in total. The molecule has 1 atom stereocenters. The summed E-state index contributed by atoms with van der Waals surface area (Å²) in [5, 5.41) is 4.57. The smallest absolute Gasteiger partial charge is 0.128 e. The van der Waals surface area contributed by atoms with Crippen molar-refractivity contribution in [1.82, 2.24) is 4.98 Å². The second-order valence-electron chi connectivity index (χ2n) is 6.16. The minimum Gasteiger partial charge on any atom is -0.457 e. The number of fused-ring (bicyclic) bond motifs is 1. The molecule has 0 aliphatic carbocycles. The maximum atomic E-state index is 5.94. The molecule has 118 valence electrons. The third-order valence-electron chi connectivity index (χ3n) is 4.06. The van der Waals surface area contributed by atoms with Gasteiger partial charge in [0.1, 0.15) is 11.5 Å². The maximum Gasteiger partial charge on any atom is 0.128 e. The summed E-state index contributed by atoms with van der Waals surface area (Å²) in [4.78, 5) is 4.32. The van der Waals surface area contributed by atoms with Crippen molar-refractivity contribution in [1.29, 1.82) is 0 Å². The Morgan fingerprint density at radius 3 is 2.39 bits per heavy atom. The Bertz CT molecular complexity index is 781. The van der Waals surface area contributed by atoms with Crippen molar-refractivity contribution in [2.45, 2.75) is 26.8 Å². The van der Waals surface area contributed by atoms with Gasteiger partial charge in [0.05, 0.1) is 5.52 Å². The van der Waals surface area contributed by atoms with Gasteiger partial charge in [-0.2, -0.15) is 0 Å². The number of nitrogens with zero attached hydrogens (tertiary/aromatic N) is 1. The molecule has 3 heteroatoms. The first kappa shape index (κ1) is 15.3. The molecule has 23 heavy (non-hydrogen) atoms. The highest BCUT2D eigenvalue weighted by atomic mass is 16.5. The molecule has 0 aliphatic heterocycles. The maximum absolute atomic E-state index is 5.94. The van der Waals surface area contributed by atoms with Crippen LogP contribution in [-0.2, 0) is 0 Å². The van der Waals surface area contributed by atoms with E-state index in [1.54, 1.807) is 6.20 Å². The Kier molecular flexibility index (Phi) is 4.47. The molecule has 0 saturated heterocycles. The molecule has 3 rings (SSSR count). The van der Waals surface area contributed by atoms with Crippen LogP contribution in [0.5, 0.6) is 11.5 Å². The molecular weight excluding hydrogens is 284 g/mol. The molecule has 0 saturated carbocycles. The third-order valence-corrected chi connectivity index (χ3v) is 4.06. The molecule has 0 amide bonds. The van der Waals surface area contributed by atoms with Gasteiger partial charge >= 0.3 is 0 Å². The number of aromatic nitrogens is 1. The lowest BCUT2D eigenvalue weighted by molar-refractivity contribution is 0.483. The van der Waals surface area contributed by atoms with Crippen LogP contribution < -0.4 is 10.1 Å². The first-order valence-corrected chi connectivity index (χ1v) is 8.01. The highest BCUT2D eigenvalue weighted by molar-refractivity contribution is 5.79. The van der Waals surface area contributed by atoms with Crippen molar-refractivity contribution in [3.8, 4) is 11.5 Å². The summed E-state index contributed by atoms with van der Waals surface area (Å²) in [7, 11) is 0. The van der Waals surface area contributed by atoms with Crippen LogP contribution in [0.4, 0.5) is 5.69 Å². The highest BCUT2D eigenvalue weighted by Crippen LogP contribution is 2.26. The average molecular weight is 306 g/mol. The van der Waals surface area contributed by atoms with Gasteiger partial charge in [0, 0.05) is 23.3 Å². The van der Waals surface area contributed by atoms with Crippen LogP contribution in [0.15, 0.2) is 60.8 Å². The van der Waals surface area contributed by atoms with Crippen LogP contribution in [0, 0.1) is 5.92 Å². The van der Waals surface area contributed by atoms with E-state index in [0.29, 0.717) is 12.0 Å². The lowest BCUT2D eigenvalue weighted by Gasteiger charge is -2.19. The summed E-state index contributed by atoms with van der Waals surface area (Å²) < 4.78 is 5.94. The Morgan fingerprint density at radius 1 is 0.913 bits per heavy atom. The Morgan fingerprint density at radius 2 is 1.65 bits per heavy atom. The summed E-state index contributed by atoms with van der Waals surface area (Å²) >= 11 is 0. The first-order valence-electron chi connectivity index (χ1n) is 8.01. The van der Waals surface area contributed by atoms with E-state index in [1.807, 2.05) is 42.5 Å². The molecule has 0 aliphatic rings. The summed E-state index contributed by atoms with van der Waals surface area (Å²) in [6.45, 7) is 6.62. The van der Waals surface area contributed by atoms with Gasteiger partial charge in [0.2, 0.25) is 0 Å². The fourth-order valence-electron chi connectivity index (χ4n) is 2.30. The van der Waals surface area contributed by atoms with Crippen LogP contribution in [0.2, 0.25) is 0 Å². The molecule has 1 heterocycles. The van der Waals surface area contributed by atoms with E-state index >= 15 is 0 Å². The lowest BCUT2D eigenvalue weighted by atomic mass is 10.1. The number of hydrogen-bond acceptors (Lipinski definition) is 3.